The van der Waals surface area contributed by atoms with Gasteiger partial charge in [-0.1, -0.05) is 6.07 Å². The number of hydrogen-bond acceptors (Lipinski definition) is 7. The van der Waals surface area contributed by atoms with Crippen molar-refractivity contribution in [2.24, 2.45) is 0 Å². The highest BCUT2D eigenvalue weighted by atomic mass is 32.2. The number of sulfonamides is 1. The van der Waals surface area contributed by atoms with E-state index in [0.717, 1.165) is 27.6 Å². The van der Waals surface area contributed by atoms with Crippen LogP contribution in [0.4, 0.5) is 5.82 Å². The molecular weight excluding hydrogens is 426 g/mol. The van der Waals surface area contributed by atoms with Gasteiger partial charge >= 0.3 is 0 Å². The van der Waals surface area contributed by atoms with E-state index in [1.807, 2.05) is 36.4 Å². The molecule has 0 radical (unpaired) electrons. The van der Waals surface area contributed by atoms with Crippen LogP contribution in [-0.4, -0.2) is 54.0 Å². The summed E-state index contributed by atoms with van der Waals surface area (Å²) >= 11 is 0. The summed E-state index contributed by atoms with van der Waals surface area (Å²) in [6.07, 6.45) is 6.86. The minimum atomic E-state index is -3.77. The van der Waals surface area contributed by atoms with Gasteiger partial charge in [-0.05, 0) is 53.1 Å². The molecule has 1 aromatic carbocycles. The Morgan fingerprint density at radius 2 is 1.66 bits per heavy atom. The van der Waals surface area contributed by atoms with Crippen molar-refractivity contribution in [1.82, 2.24) is 19.3 Å². The number of morpholine rings is 1. The summed E-state index contributed by atoms with van der Waals surface area (Å²) in [4.78, 5) is 12.8. The van der Waals surface area contributed by atoms with E-state index in [4.69, 9.17) is 10.5 Å². The van der Waals surface area contributed by atoms with E-state index in [1.54, 1.807) is 30.9 Å². The molecule has 8 nitrogen and oxygen atoms in total. The van der Waals surface area contributed by atoms with Crippen molar-refractivity contribution >= 4 is 26.7 Å². The third-order valence-corrected chi connectivity index (χ3v) is 7.46. The molecule has 3 aromatic heterocycles. The number of hydrogen-bond donors (Lipinski definition) is 1. The summed E-state index contributed by atoms with van der Waals surface area (Å²) in [6.45, 7) is 1.31. The Kier molecular flexibility index (Phi) is 5.30. The van der Waals surface area contributed by atoms with Crippen molar-refractivity contribution in [2.75, 3.05) is 32.0 Å². The maximum absolute atomic E-state index is 13.2. The fraction of sp³-hybridized carbons (Fsp3) is 0.174. The van der Waals surface area contributed by atoms with Gasteiger partial charge in [-0.2, -0.15) is 4.31 Å². The first-order valence-electron chi connectivity index (χ1n) is 10.2. The molecule has 0 aliphatic carbocycles. The number of nitrogens with two attached hydrogens (primary N) is 1. The highest BCUT2D eigenvalue weighted by Gasteiger charge is 2.29. The van der Waals surface area contributed by atoms with Crippen LogP contribution in [0.3, 0.4) is 0 Å². The highest BCUT2D eigenvalue weighted by Crippen LogP contribution is 2.32. The van der Waals surface area contributed by atoms with Gasteiger partial charge in [-0.3, -0.25) is 9.97 Å². The summed E-state index contributed by atoms with van der Waals surface area (Å²) in [7, 11) is -3.77. The second kappa shape index (κ2) is 8.27. The molecule has 1 aliphatic heterocycles. The number of fused-ring (bicyclic) bond motifs is 1. The molecule has 0 unspecified atom stereocenters. The molecule has 1 aliphatic rings. The fourth-order valence-corrected chi connectivity index (χ4v) is 5.36. The molecule has 4 aromatic rings. The first-order chi connectivity index (χ1) is 15.5. The van der Waals surface area contributed by atoms with Gasteiger partial charge in [-0.25, -0.2) is 13.4 Å². The lowest BCUT2D eigenvalue weighted by atomic mass is 9.98. The summed E-state index contributed by atoms with van der Waals surface area (Å²) in [5.74, 6) is -0.0137. The van der Waals surface area contributed by atoms with E-state index in [-0.39, 0.29) is 10.7 Å². The van der Waals surface area contributed by atoms with Crippen LogP contribution in [0.1, 0.15) is 0 Å². The molecule has 5 rings (SSSR count). The van der Waals surface area contributed by atoms with E-state index >= 15 is 0 Å². The molecule has 0 amide bonds. The Balaban J connectivity index is 1.61. The number of nitrogen functional groups attached to an aromatic ring is 1. The second-order valence-electron chi connectivity index (χ2n) is 7.45. The van der Waals surface area contributed by atoms with Crippen LogP contribution in [0, 0.1) is 0 Å². The van der Waals surface area contributed by atoms with Gasteiger partial charge in [0.2, 0.25) is 10.0 Å². The van der Waals surface area contributed by atoms with Crippen LogP contribution < -0.4 is 5.73 Å². The molecule has 1 fully saturated rings. The van der Waals surface area contributed by atoms with E-state index in [9.17, 15) is 8.42 Å². The molecule has 9 heteroatoms. The number of ether oxygens (including phenoxy) is 1. The number of rotatable bonds is 4. The lowest BCUT2D eigenvalue weighted by Gasteiger charge is -2.26. The largest absolute Gasteiger partial charge is 0.383 e. The molecule has 4 heterocycles. The predicted molar refractivity (Wildman–Crippen MR) is 122 cm³/mol. The van der Waals surface area contributed by atoms with Gasteiger partial charge < -0.3 is 10.5 Å². The zero-order valence-electron chi connectivity index (χ0n) is 17.2. The van der Waals surface area contributed by atoms with Crippen molar-refractivity contribution in [1.29, 1.82) is 0 Å². The van der Waals surface area contributed by atoms with Crippen LogP contribution in [-0.2, 0) is 14.8 Å². The summed E-state index contributed by atoms with van der Waals surface area (Å²) in [5.41, 5.74) is 10.4. The molecule has 0 bridgehead atoms. The number of pyridine rings is 3. The van der Waals surface area contributed by atoms with Crippen molar-refractivity contribution in [3.05, 3.63) is 67.3 Å². The van der Waals surface area contributed by atoms with Gasteiger partial charge in [0.15, 0.2) is 0 Å². The topological polar surface area (TPSA) is 111 Å². The minimum Gasteiger partial charge on any atom is -0.383 e. The molecule has 0 saturated carbocycles. The van der Waals surface area contributed by atoms with Crippen LogP contribution >= 0.6 is 0 Å². The van der Waals surface area contributed by atoms with Crippen molar-refractivity contribution < 1.29 is 13.2 Å². The van der Waals surface area contributed by atoms with E-state index in [0.29, 0.717) is 31.9 Å². The third-order valence-electron chi connectivity index (χ3n) is 5.54. The average Bonchev–Trinajstić information content (AvgIpc) is 2.84. The molecule has 0 spiro atoms. The van der Waals surface area contributed by atoms with Gasteiger partial charge in [0.1, 0.15) is 10.7 Å². The van der Waals surface area contributed by atoms with Crippen molar-refractivity contribution in [2.45, 2.75) is 4.90 Å². The Bertz CT molecular complexity index is 1390. The zero-order chi connectivity index (χ0) is 22.1. The number of anilines is 1. The van der Waals surface area contributed by atoms with Crippen LogP contribution in [0.15, 0.2) is 72.1 Å². The van der Waals surface area contributed by atoms with E-state index in [1.165, 1.54) is 4.31 Å². The number of aromatic nitrogens is 3. The Hall–Kier alpha value is -3.40. The van der Waals surface area contributed by atoms with Gasteiger partial charge in [0, 0.05) is 48.8 Å². The van der Waals surface area contributed by atoms with Crippen LogP contribution in [0.2, 0.25) is 0 Å². The van der Waals surface area contributed by atoms with Crippen LogP contribution in [0.5, 0.6) is 0 Å². The zero-order valence-corrected chi connectivity index (χ0v) is 18.0. The van der Waals surface area contributed by atoms with Gasteiger partial charge in [0.25, 0.3) is 0 Å². The lowest BCUT2D eigenvalue weighted by molar-refractivity contribution is 0.0730. The highest BCUT2D eigenvalue weighted by molar-refractivity contribution is 7.89. The molecule has 1 saturated heterocycles. The molecule has 162 valence electrons. The quantitative estimate of drug-likeness (QED) is 0.512. The SMILES string of the molecule is Nc1ncc(-c2ccc3nccc(-c4ccncc4)c3c2)cc1S(=O)(=O)N1CCOCC1. The minimum absolute atomic E-state index is 0.0116. The standard InChI is InChI=1S/C23H21N5O3S/c24-23-22(32(29,30)28-9-11-31-12-10-28)14-18(15-27-23)17-1-2-21-20(13-17)19(5-8-26-21)16-3-6-25-7-4-16/h1-8,13-15H,9-12H2,(H2,24,27). The fourth-order valence-electron chi connectivity index (χ4n) is 3.85. The van der Waals surface area contributed by atoms with Gasteiger partial charge in [0.05, 0.1) is 18.7 Å². The first-order valence-corrected chi connectivity index (χ1v) is 11.6. The Labute approximate surface area is 185 Å². The first kappa shape index (κ1) is 20.5. The number of benzene rings is 1. The van der Waals surface area contributed by atoms with E-state index < -0.39 is 10.0 Å². The summed E-state index contributed by atoms with van der Waals surface area (Å²) < 4.78 is 33.0. The smallest absolute Gasteiger partial charge is 0.246 e. The lowest BCUT2D eigenvalue weighted by Crippen LogP contribution is -2.40. The van der Waals surface area contributed by atoms with Crippen molar-refractivity contribution in [3.8, 4) is 22.3 Å². The average molecular weight is 448 g/mol. The monoisotopic (exact) mass is 447 g/mol. The maximum atomic E-state index is 13.2. The second-order valence-corrected chi connectivity index (χ2v) is 9.36. The summed E-state index contributed by atoms with van der Waals surface area (Å²) in [5, 5.41) is 0.950. The molecule has 0 atom stereocenters. The van der Waals surface area contributed by atoms with Crippen LogP contribution in [0.25, 0.3) is 33.2 Å². The molecule has 32 heavy (non-hydrogen) atoms. The Morgan fingerprint density at radius 1 is 0.875 bits per heavy atom. The third kappa shape index (κ3) is 3.70. The predicted octanol–water partition coefficient (Wildman–Crippen LogP) is 2.96. The molecular formula is C23H21N5O3S. The normalized spacial score (nSPS) is 15.1. The maximum Gasteiger partial charge on any atom is 0.246 e. The van der Waals surface area contributed by atoms with Crippen molar-refractivity contribution in [3.63, 3.8) is 0 Å². The summed E-state index contributed by atoms with van der Waals surface area (Å²) in [6, 6.07) is 13.3. The van der Waals surface area contributed by atoms with E-state index in [2.05, 4.69) is 15.0 Å². The molecule has 2 N–H and O–H groups in total. The number of nitrogens with zero attached hydrogens (tertiary/aromatic N) is 4. The Morgan fingerprint density at radius 3 is 2.44 bits per heavy atom. The van der Waals surface area contributed by atoms with Gasteiger partial charge in [-0.15, -0.1) is 0 Å².